The number of carboxylic acids is 1. The second-order valence-electron chi connectivity index (χ2n) is 5.78. The summed E-state index contributed by atoms with van der Waals surface area (Å²) in [7, 11) is 0. The lowest BCUT2D eigenvalue weighted by molar-refractivity contribution is -0.142. The van der Waals surface area contributed by atoms with Crippen LogP contribution in [-0.2, 0) is 4.79 Å². The molecule has 0 saturated carbocycles. The lowest BCUT2D eigenvalue weighted by atomic mass is 9.96. The van der Waals surface area contributed by atoms with Crippen LogP contribution in [0.1, 0.15) is 24.5 Å². The Kier molecular flexibility index (Phi) is 3.05. The van der Waals surface area contributed by atoms with Crippen LogP contribution in [-0.4, -0.2) is 40.7 Å². The molecule has 4 heteroatoms. The monoisotopic (exact) mass is 273 g/mol. The third-order valence-corrected chi connectivity index (χ3v) is 4.24. The van der Waals surface area contributed by atoms with Crippen LogP contribution in [0, 0.1) is 6.92 Å². The first kappa shape index (κ1) is 13.2. The molecule has 20 heavy (non-hydrogen) atoms. The van der Waals surface area contributed by atoms with Crippen LogP contribution >= 0.6 is 0 Å². The van der Waals surface area contributed by atoms with Gasteiger partial charge in [-0.2, -0.15) is 0 Å². The van der Waals surface area contributed by atoms with Gasteiger partial charge in [0.15, 0.2) is 0 Å². The normalized spacial score (nSPS) is 26.3. The zero-order valence-electron chi connectivity index (χ0n) is 11.8. The Bertz CT molecular complexity index is 581. The number of ether oxygens (including phenoxy) is 1. The molecule has 3 rings (SSSR count). The van der Waals surface area contributed by atoms with E-state index in [-0.39, 0.29) is 5.60 Å². The molecule has 2 heterocycles. The van der Waals surface area contributed by atoms with Crippen LogP contribution in [0.3, 0.4) is 0 Å². The summed E-state index contributed by atoms with van der Waals surface area (Å²) >= 11 is 0. The fourth-order valence-corrected chi connectivity index (χ4v) is 2.93. The predicted octanol–water partition coefficient (Wildman–Crippen LogP) is 2.32. The zero-order valence-corrected chi connectivity index (χ0v) is 11.8. The summed E-state index contributed by atoms with van der Waals surface area (Å²) in [5, 5.41) is 9.12. The average Bonchev–Trinajstić information content (AvgIpc) is 2.82. The number of rotatable bonds is 2. The van der Waals surface area contributed by atoms with E-state index in [1.54, 1.807) is 6.92 Å². The molecule has 0 aliphatic carbocycles. The van der Waals surface area contributed by atoms with Crippen LogP contribution in [0.4, 0.5) is 0 Å². The van der Waals surface area contributed by atoms with Gasteiger partial charge in [-0.15, -0.1) is 0 Å². The highest BCUT2D eigenvalue weighted by molar-refractivity contribution is 5.73. The molecule has 0 amide bonds. The predicted molar refractivity (Wildman–Crippen MR) is 76.9 cm³/mol. The molecule has 2 aliphatic rings. The third-order valence-electron chi connectivity index (χ3n) is 4.24. The number of likely N-dealkylation sites (tertiary alicyclic amines) is 1. The minimum absolute atomic E-state index is 0.369. The first-order valence-electron chi connectivity index (χ1n) is 6.95. The molecule has 1 N–H and O–H groups in total. The smallest absolute Gasteiger partial charge is 0.320 e. The number of nitrogens with zero attached hydrogens (tertiary/aromatic N) is 1. The molecule has 1 aromatic carbocycles. The van der Waals surface area contributed by atoms with Gasteiger partial charge in [0, 0.05) is 25.1 Å². The van der Waals surface area contributed by atoms with Crippen molar-refractivity contribution in [1.82, 2.24) is 4.90 Å². The number of hydrogen-bond donors (Lipinski definition) is 1. The zero-order chi connectivity index (χ0) is 14.3. The second kappa shape index (κ2) is 4.63. The van der Waals surface area contributed by atoms with E-state index in [1.807, 2.05) is 17.0 Å². The van der Waals surface area contributed by atoms with Gasteiger partial charge in [0.1, 0.15) is 17.4 Å². The van der Waals surface area contributed by atoms with Crippen LogP contribution in [0.25, 0.3) is 6.08 Å². The van der Waals surface area contributed by atoms with Crippen molar-refractivity contribution in [3.8, 4) is 5.75 Å². The van der Waals surface area contributed by atoms with Crippen LogP contribution < -0.4 is 4.74 Å². The standard InChI is InChI=1S/C16H19NO3/c1-11-3-4-14-13(9-11)5-6-16(20-14)7-8-17(10-16)12(2)15(18)19/h3-6,9,12H,7-8,10H2,1-2H3,(H,18,19). The summed E-state index contributed by atoms with van der Waals surface area (Å²) in [4.78, 5) is 13.1. The summed E-state index contributed by atoms with van der Waals surface area (Å²) in [5.41, 5.74) is 1.94. The maximum Gasteiger partial charge on any atom is 0.320 e. The van der Waals surface area contributed by atoms with Gasteiger partial charge in [0.2, 0.25) is 0 Å². The van der Waals surface area contributed by atoms with Crippen molar-refractivity contribution in [1.29, 1.82) is 0 Å². The van der Waals surface area contributed by atoms with Crippen LogP contribution in [0.5, 0.6) is 5.75 Å². The molecule has 106 valence electrons. The molecule has 0 bridgehead atoms. The topological polar surface area (TPSA) is 49.8 Å². The molecular formula is C16H19NO3. The van der Waals surface area contributed by atoms with Crippen molar-refractivity contribution >= 4 is 12.0 Å². The van der Waals surface area contributed by atoms with Crippen molar-refractivity contribution < 1.29 is 14.6 Å². The number of fused-ring (bicyclic) bond motifs is 1. The Hall–Kier alpha value is -1.81. The minimum atomic E-state index is -0.780. The highest BCUT2D eigenvalue weighted by atomic mass is 16.5. The van der Waals surface area contributed by atoms with Gasteiger partial charge < -0.3 is 9.84 Å². The summed E-state index contributed by atoms with van der Waals surface area (Å²) < 4.78 is 6.17. The average molecular weight is 273 g/mol. The summed E-state index contributed by atoms with van der Waals surface area (Å²) in [6.07, 6.45) is 5.01. The molecule has 2 atom stereocenters. The van der Waals surface area contributed by atoms with E-state index >= 15 is 0 Å². The molecule has 1 fully saturated rings. The van der Waals surface area contributed by atoms with E-state index in [1.165, 1.54) is 5.56 Å². The number of carbonyl (C=O) groups is 1. The number of hydrogen-bond acceptors (Lipinski definition) is 3. The molecule has 1 aromatic rings. The number of aryl methyl sites for hydroxylation is 1. The van der Waals surface area contributed by atoms with Gasteiger partial charge in [-0.1, -0.05) is 17.7 Å². The highest BCUT2D eigenvalue weighted by Crippen LogP contribution is 2.37. The van der Waals surface area contributed by atoms with Gasteiger partial charge in [-0.05, 0) is 32.1 Å². The van der Waals surface area contributed by atoms with Crippen molar-refractivity contribution in [2.45, 2.75) is 31.9 Å². The Labute approximate surface area is 118 Å². The van der Waals surface area contributed by atoms with E-state index in [0.717, 1.165) is 24.3 Å². The summed E-state index contributed by atoms with van der Waals surface area (Å²) in [6.45, 7) is 5.17. The van der Waals surface area contributed by atoms with Gasteiger partial charge in [-0.3, -0.25) is 9.69 Å². The third kappa shape index (κ3) is 2.20. The summed E-state index contributed by atoms with van der Waals surface area (Å²) in [5.74, 6) is 0.112. The first-order chi connectivity index (χ1) is 9.49. The molecular weight excluding hydrogens is 254 g/mol. The molecule has 2 unspecified atom stereocenters. The Balaban J connectivity index is 1.81. The van der Waals surface area contributed by atoms with Crippen molar-refractivity contribution in [2.24, 2.45) is 0 Å². The van der Waals surface area contributed by atoms with Gasteiger partial charge in [0.05, 0.1) is 0 Å². The first-order valence-corrected chi connectivity index (χ1v) is 6.95. The van der Waals surface area contributed by atoms with Crippen molar-refractivity contribution in [2.75, 3.05) is 13.1 Å². The van der Waals surface area contributed by atoms with E-state index in [2.05, 4.69) is 25.1 Å². The lowest BCUT2D eigenvalue weighted by Crippen LogP contribution is -2.43. The molecule has 4 nitrogen and oxygen atoms in total. The molecule has 0 aromatic heterocycles. The van der Waals surface area contributed by atoms with E-state index in [4.69, 9.17) is 9.84 Å². The van der Waals surface area contributed by atoms with Crippen LogP contribution in [0.15, 0.2) is 24.3 Å². The number of carboxylic acid groups (broad SMARTS) is 1. The van der Waals surface area contributed by atoms with Gasteiger partial charge in [0.25, 0.3) is 0 Å². The van der Waals surface area contributed by atoms with Crippen molar-refractivity contribution in [3.63, 3.8) is 0 Å². The molecule has 1 spiro atoms. The maximum absolute atomic E-state index is 11.1. The van der Waals surface area contributed by atoms with E-state index in [0.29, 0.717) is 6.54 Å². The Morgan fingerprint density at radius 3 is 3.05 bits per heavy atom. The lowest BCUT2D eigenvalue weighted by Gasteiger charge is -2.32. The van der Waals surface area contributed by atoms with E-state index < -0.39 is 12.0 Å². The summed E-state index contributed by atoms with van der Waals surface area (Å²) in [6, 6.07) is 5.67. The number of benzene rings is 1. The Morgan fingerprint density at radius 2 is 2.30 bits per heavy atom. The quantitative estimate of drug-likeness (QED) is 0.898. The minimum Gasteiger partial charge on any atom is -0.481 e. The van der Waals surface area contributed by atoms with Gasteiger partial charge >= 0.3 is 5.97 Å². The van der Waals surface area contributed by atoms with Crippen LogP contribution in [0.2, 0.25) is 0 Å². The number of aliphatic carboxylic acids is 1. The molecule has 1 saturated heterocycles. The second-order valence-corrected chi connectivity index (χ2v) is 5.78. The fourth-order valence-electron chi connectivity index (χ4n) is 2.93. The maximum atomic E-state index is 11.1. The molecule has 0 radical (unpaired) electrons. The largest absolute Gasteiger partial charge is 0.481 e. The van der Waals surface area contributed by atoms with Crippen molar-refractivity contribution in [3.05, 3.63) is 35.4 Å². The Morgan fingerprint density at radius 1 is 1.50 bits per heavy atom. The van der Waals surface area contributed by atoms with Gasteiger partial charge in [-0.25, -0.2) is 0 Å². The SMILES string of the molecule is Cc1ccc2c(c1)C=CC1(CCN(C(C)C(=O)O)C1)O2. The van der Waals surface area contributed by atoms with E-state index in [9.17, 15) is 4.79 Å². The molecule has 2 aliphatic heterocycles. The highest BCUT2D eigenvalue weighted by Gasteiger charge is 2.42. The fraction of sp³-hybridized carbons (Fsp3) is 0.438.